The van der Waals surface area contributed by atoms with Crippen molar-refractivity contribution < 1.29 is 2780 Å². The molecule has 0 nitrogen and oxygen atoms in total. The summed E-state index contributed by atoms with van der Waals surface area (Å²) < 4.78 is 0. The zero-order valence-electron chi connectivity index (χ0n) is 62.3. The van der Waals surface area contributed by atoms with Crippen LogP contribution in [-0.4, -0.2) is 0 Å². The topological polar surface area (TPSA) is 0 Å². The molecule has 387 valence electrons. The van der Waals surface area contributed by atoms with Crippen LogP contribution in [0, 0.1) is 51.4 Å². The molecule has 1 saturated carbocycles. The smallest absolute Gasteiger partial charge is 0 e. The first-order valence-corrected chi connectivity index (χ1v) is 7.45. The van der Waals surface area contributed by atoms with Crippen LogP contribution >= 0.6 is 0 Å². The molecule has 85 radical (unpaired) electrons. The molecule has 0 aromatic heterocycles. The molecule has 0 aromatic carbocycles. The molecule has 0 saturated heterocycles. The molecule has 1 fully saturated rings. The standard InChI is InChI=1S/C11H18.3C2H6.3CH4.85Y/c1-8(2)11-9(3)6-5-7-10(11)4;3*1-2;;;;;;;;;;;;;;;;;;;;;;;;;;;;;;;;;;;;;;;;;;;;;;;;;;;;;;;;;;;;;;;;;;;;;;;;;;;;;;;;;;;;;;;;/h8-11H,1-7H2;3*1-2H3;3*1H4;;;;;;;;;;;;;;;;;;;;;;;;;;;;;;;;;;;;;;;;;;;;;;;;;;;;;;;;;;;;;;;;;;;;;;;;;;;;;;;;;;;;;/q-4;;;;;;;;;;;;;;;;;;;;;;;;;;;;;;;;;;;;;;;;;;;;;;;;;;;;;;;;;;;;;;;;;;;;;;;;;;;;;;;;;;;;;;;;;;;/t9-,10+,11?;;;;;;;;;;;;;;;;;;;;;;;;;;;;;;;;;;;;;;;;;;;;;;;;;;;;;;;;;;;;;;;;;;;;;;;;;;;;;;;;;;;;;;;;;;;. The van der Waals surface area contributed by atoms with Gasteiger partial charge in [-0.05, 0) is 0 Å². The van der Waals surface area contributed by atoms with Gasteiger partial charge >= 0.3 is 0 Å². The molecule has 0 heterocycles. The van der Waals surface area contributed by atoms with Crippen LogP contribution in [0.1, 0.15) is 83.1 Å². The molecule has 0 bridgehead atoms. The first-order chi connectivity index (χ1) is 8.13. The van der Waals surface area contributed by atoms with Crippen molar-refractivity contribution in [3.05, 3.63) is 27.7 Å². The Labute approximate surface area is 2800 Å². The third-order valence-corrected chi connectivity index (χ3v) is 2.78. The molecule has 0 spiro atoms. The van der Waals surface area contributed by atoms with Gasteiger partial charge in [0, 0.05) is 2780 Å². The molecule has 1 aliphatic carbocycles. The summed E-state index contributed by atoms with van der Waals surface area (Å²) in [5, 5.41) is 0. The Morgan fingerprint density at radius 3 is 0.219 bits per heavy atom. The SMILES string of the molecule is C.C.C.CC.CC.CC.[CH2-]C([CH2-])C1[C@H]([CH2-])CCC[C@@H]1[CH2-].[Y].[Y].[Y].[Y].[Y].[Y].[Y].[Y].[Y].[Y].[Y].[Y].[Y].[Y].[Y].[Y].[Y].[Y].[Y].[Y].[Y].[Y].[Y].[Y].[Y].[Y].[Y].[Y].[Y].[Y].[Y].[Y].[Y].[Y].[Y].[Y].[Y].[Y].[Y].[Y].[Y].[Y].[Y].[Y].[Y].[Y].[Y].[Y].[Y].[Y].[Y].[Y].[Y].[Y].[Y].[Y].[Y].[Y].[Y].[Y].[Y].[Y].[Y].[Y].[Y].[Y].[Y].[Y].[Y].[Y].[Y].[Y].[Y].[Y].[Y].[Y].[Y].[Y].[Y].[Y].[Y].[Y].[Y].[Y].[Y]. The van der Waals surface area contributed by atoms with E-state index in [-0.39, 0.29) is 2810 Å². The summed E-state index contributed by atoms with van der Waals surface area (Å²) in [7, 11) is 0. The van der Waals surface area contributed by atoms with Crippen molar-refractivity contribution in [2.75, 3.05) is 0 Å². The Bertz CT molecular complexity index is 179. The van der Waals surface area contributed by atoms with E-state index in [0.717, 1.165) is 0 Å². The molecular formula is C20H48Y85-4. The zero-order valence-corrected chi connectivity index (χ0v) is 304. The summed E-state index contributed by atoms with van der Waals surface area (Å²) in [5.74, 6) is 1.88. The quantitative estimate of drug-likeness (QED) is 0.236. The fraction of sp³-hybridized carbons (Fsp3) is 0.800. The predicted octanol–water partition coefficient (Wildman–Crippen LogP) is 7.75. The van der Waals surface area contributed by atoms with Crippen LogP contribution < -0.4 is 0 Å². The van der Waals surface area contributed by atoms with Gasteiger partial charge in [-0.15, -0.1) is 5.92 Å². The molecule has 0 amide bonds. The minimum absolute atomic E-state index is 0. The molecule has 3 atom stereocenters. The van der Waals surface area contributed by atoms with Gasteiger partial charge in [0.2, 0.25) is 0 Å². The molecule has 1 rings (SSSR count). The minimum atomic E-state index is 0. The van der Waals surface area contributed by atoms with E-state index in [1.807, 2.05) is 41.5 Å². The Hall–Kier alpha value is 93.8. The Morgan fingerprint density at radius 2 is 0.190 bits per heavy atom. The number of hydrogen-bond donors (Lipinski definition) is 0. The third-order valence-electron chi connectivity index (χ3n) is 2.78. The summed E-state index contributed by atoms with van der Waals surface area (Å²) in [5.41, 5.74) is 0. The van der Waals surface area contributed by atoms with E-state index in [2.05, 4.69) is 27.7 Å². The summed E-state index contributed by atoms with van der Waals surface area (Å²) in [6.07, 6.45) is 3.75. The first kappa shape index (κ1) is 669. The molecular weight excluding hydrogens is 7800 g/mol. The van der Waals surface area contributed by atoms with E-state index < -0.39 is 0 Å². The monoisotopic (exact) mass is 7850 g/mol. The van der Waals surface area contributed by atoms with Gasteiger partial charge in [0.15, 0.2) is 0 Å². The fourth-order valence-electron chi connectivity index (χ4n) is 2.18. The second-order valence-corrected chi connectivity index (χ2v) is 3.79. The summed E-state index contributed by atoms with van der Waals surface area (Å²) in [4.78, 5) is 0. The van der Waals surface area contributed by atoms with Crippen LogP contribution in [0.4, 0.5) is 0 Å². The van der Waals surface area contributed by atoms with Crippen molar-refractivity contribution in [1.82, 2.24) is 0 Å². The zero-order chi connectivity index (χ0) is 14.4. The van der Waals surface area contributed by atoms with Gasteiger partial charge in [0.05, 0.1) is 0 Å². The van der Waals surface area contributed by atoms with Gasteiger partial charge in [-0.3, -0.25) is 0 Å². The van der Waals surface area contributed by atoms with Crippen molar-refractivity contribution in [3.63, 3.8) is 0 Å². The first-order valence-electron chi connectivity index (χ1n) is 7.45. The molecule has 0 N–H and O–H groups in total. The van der Waals surface area contributed by atoms with Crippen LogP contribution in [-0.2, 0) is 2780 Å². The molecule has 85 heteroatoms. The van der Waals surface area contributed by atoms with Crippen molar-refractivity contribution in [3.8, 4) is 0 Å². The second kappa shape index (κ2) is 647. The molecule has 105 heavy (non-hydrogen) atoms. The van der Waals surface area contributed by atoms with Crippen molar-refractivity contribution in [2.45, 2.75) is 83.1 Å². The normalized spacial score (nSPS) is 4.31. The Balaban J connectivity index is -0.000000000230. The molecule has 0 aromatic rings. The second-order valence-electron chi connectivity index (χ2n) is 3.79. The van der Waals surface area contributed by atoms with Crippen LogP contribution in [0.5, 0.6) is 0 Å². The average Bonchev–Trinajstić information content (AvgIpc) is 2.36. The third kappa shape index (κ3) is 607. The van der Waals surface area contributed by atoms with Gasteiger partial charge in [0.25, 0.3) is 0 Å². The largest absolute Gasteiger partial charge is 0.369 e. The van der Waals surface area contributed by atoms with Crippen molar-refractivity contribution >= 4 is 0 Å². The van der Waals surface area contributed by atoms with Crippen LogP contribution in [0.25, 0.3) is 0 Å². The van der Waals surface area contributed by atoms with Gasteiger partial charge in [-0.25, -0.2) is 0 Å². The maximum atomic E-state index is 4.13. The average molecular weight is 7850 g/mol. The van der Waals surface area contributed by atoms with E-state index in [0.29, 0.717) is 17.8 Å². The van der Waals surface area contributed by atoms with E-state index >= 15 is 0 Å². The molecule has 0 aliphatic heterocycles. The predicted molar refractivity (Wildman–Crippen MR) is 103 cm³/mol. The molecule has 1 unspecified atom stereocenters. The maximum Gasteiger partial charge on any atom is 0 e. The van der Waals surface area contributed by atoms with Gasteiger partial charge in [-0.2, -0.15) is 11.8 Å². The van der Waals surface area contributed by atoms with Gasteiger partial charge in [-0.1, -0.05) is 83.1 Å². The van der Waals surface area contributed by atoms with Crippen molar-refractivity contribution in [2.24, 2.45) is 23.7 Å². The molecule has 1 aliphatic rings. The van der Waals surface area contributed by atoms with E-state index in [4.69, 9.17) is 0 Å². The fourth-order valence-corrected chi connectivity index (χ4v) is 2.18. The number of hydrogen-bond acceptors (Lipinski definition) is 0. The summed E-state index contributed by atoms with van der Waals surface area (Å²) in [6.45, 7) is 28.2. The number of rotatable bonds is 1. The van der Waals surface area contributed by atoms with Crippen LogP contribution in [0.2, 0.25) is 0 Å². The Kier molecular flexibility index (Phi) is 4120. The van der Waals surface area contributed by atoms with Crippen molar-refractivity contribution in [1.29, 1.82) is 0 Å². The minimum Gasteiger partial charge on any atom is -0.369 e. The van der Waals surface area contributed by atoms with E-state index in [1.54, 1.807) is 0 Å². The maximum absolute atomic E-state index is 4.13. The summed E-state index contributed by atoms with van der Waals surface area (Å²) >= 11 is 0. The van der Waals surface area contributed by atoms with E-state index in [1.165, 1.54) is 19.3 Å². The van der Waals surface area contributed by atoms with Gasteiger partial charge in [0.1, 0.15) is 0 Å². The summed E-state index contributed by atoms with van der Waals surface area (Å²) in [6, 6.07) is 0. The van der Waals surface area contributed by atoms with Gasteiger partial charge < -0.3 is 33.6 Å². The Morgan fingerprint density at radius 1 is 0.143 bits per heavy atom. The van der Waals surface area contributed by atoms with E-state index in [9.17, 15) is 0 Å². The van der Waals surface area contributed by atoms with Crippen LogP contribution in [0.3, 0.4) is 0 Å². The van der Waals surface area contributed by atoms with Crippen LogP contribution in [0.15, 0.2) is 0 Å².